The molecule has 1 amide bonds. The lowest BCUT2D eigenvalue weighted by Gasteiger charge is -2.07. The molecule has 0 saturated heterocycles. The number of fused-ring (bicyclic) bond motifs is 2. The molecule has 3 aromatic heterocycles. The molecule has 0 aliphatic heterocycles. The molecule has 0 spiro atoms. The molecule has 0 saturated carbocycles. The highest BCUT2D eigenvalue weighted by atomic mass is 16.3. The van der Waals surface area contributed by atoms with Gasteiger partial charge in [0.2, 0.25) is 0 Å². The van der Waals surface area contributed by atoms with Gasteiger partial charge < -0.3 is 15.4 Å². The molecule has 4 aromatic rings. The Bertz CT molecular complexity index is 1070. The van der Waals surface area contributed by atoms with E-state index in [1.54, 1.807) is 18.3 Å². The van der Waals surface area contributed by atoms with Crippen molar-refractivity contribution in [2.45, 2.75) is 6.42 Å². The van der Waals surface area contributed by atoms with Crippen LogP contribution >= 0.6 is 0 Å². The lowest BCUT2D eigenvalue weighted by atomic mass is 10.1. The van der Waals surface area contributed by atoms with Gasteiger partial charge in [-0.2, -0.15) is 0 Å². The molecular weight excluding hydrogens is 316 g/mol. The number of para-hydroxylation sites is 1. The molecule has 3 N–H and O–H groups in total. The minimum Gasteiger partial charge on any atom is -0.504 e. The maximum absolute atomic E-state index is 12.3. The zero-order chi connectivity index (χ0) is 17.2. The Balaban J connectivity index is 1.48. The van der Waals surface area contributed by atoms with Crippen molar-refractivity contribution >= 4 is 27.7 Å². The van der Waals surface area contributed by atoms with E-state index in [0.29, 0.717) is 23.9 Å². The molecule has 6 heteroatoms. The number of rotatable bonds is 4. The third-order valence-electron chi connectivity index (χ3n) is 4.19. The van der Waals surface area contributed by atoms with Gasteiger partial charge in [0.15, 0.2) is 11.4 Å². The van der Waals surface area contributed by atoms with Crippen LogP contribution in [0.4, 0.5) is 0 Å². The molecule has 124 valence electrons. The van der Waals surface area contributed by atoms with E-state index in [1.165, 1.54) is 6.20 Å². The predicted molar refractivity (Wildman–Crippen MR) is 95.5 cm³/mol. The number of aromatic hydroxyl groups is 1. The monoisotopic (exact) mass is 332 g/mol. The van der Waals surface area contributed by atoms with Gasteiger partial charge in [0.25, 0.3) is 5.91 Å². The van der Waals surface area contributed by atoms with Crippen LogP contribution in [-0.2, 0) is 6.42 Å². The lowest BCUT2D eigenvalue weighted by Crippen LogP contribution is -2.26. The second kappa shape index (κ2) is 6.24. The third-order valence-corrected chi connectivity index (χ3v) is 4.19. The highest BCUT2D eigenvalue weighted by Gasteiger charge is 2.16. The topological polar surface area (TPSA) is 90.9 Å². The summed E-state index contributed by atoms with van der Waals surface area (Å²) in [4.78, 5) is 23.7. The number of H-pyrrole nitrogens is 1. The summed E-state index contributed by atoms with van der Waals surface area (Å²) in [5.41, 5.74) is 2.57. The van der Waals surface area contributed by atoms with Crippen molar-refractivity contribution in [3.63, 3.8) is 0 Å². The summed E-state index contributed by atoms with van der Waals surface area (Å²) in [7, 11) is 0. The molecule has 0 bridgehead atoms. The number of amides is 1. The Morgan fingerprint density at radius 3 is 2.96 bits per heavy atom. The van der Waals surface area contributed by atoms with Crippen LogP contribution in [0.5, 0.6) is 5.75 Å². The lowest BCUT2D eigenvalue weighted by molar-refractivity contribution is 0.0946. The maximum Gasteiger partial charge on any atom is 0.273 e. The first kappa shape index (κ1) is 15.1. The Labute approximate surface area is 143 Å². The van der Waals surface area contributed by atoms with Gasteiger partial charge in [-0.15, -0.1) is 0 Å². The van der Waals surface area contributed by atoms with Crippen molar-refractivity contribution in [1.82, 2.24) is 20.3 Å². The average molecular weight is 332 g/mol. The van der Waals surface area contributed by atoms with Crippen LogP contribution < -0.4 is 5.32 Å². The Morgan fingerprint density at radius 2 is 2.04 bits per heavy atom. The highest BCUT2D eigenvalue weighted by molar-refractivity contribution is 6.00. The molecule has 6 nitrogen and oxygen atoms in total. The van der Waals surface area contributed by atoms with E-state index in [2.05, 4.69) is 20.3 Å². The molecular formula is C19H16N4O2. The summed E-state index contributed by atoms with van der Waals surface area (Å²) < 4.78 is 0. The van der Waals surface area contributed by atoms with Crippen LogP contribution in [0.2, 0.25) is 0 Å². The Morgan fingerprint density at radius 1 is 1.16 bits per heavy atom. The molecule has 25 heavy (non-hydrogen) atoms. The molecule has 0 radical (unpaired) electrons. The molecule has 0 unspecified atom stereocenters. The first-order chi connectivity index (χ1) is 12.2. The van der Waals surface area contributed by atoms with E-state index >= 15 is 0 Å². The summed E-state index contributed by atoms with van der Waals surface area (Å²) in [6.07, 6.45) is 5.74. The van der Waals surface area contributed by atoms with E-state index in [9.17, 15) is 9.90 Å². The standard InChI is InChI=1S/C19H16N4O2/c24-18-16-13(4-3-8-20-16)11-23-17(18)19(25)21-9-7-12-10-22-15-6-2-1-5-14(12)15/h1-6,8,10-11,22,24H,7,9H2,(H,21,25). The SMILES string of the molecule is O=C(NCCc1c[nH]c2ccccc12)c1ncc2cccnc2c1O. The quantitative estimate of drug-likeness (QED) is 0.536. The smallest absolute Gasteiger partial charge is 0.273 e. The van der Waals surface area contributed by atoms with Gasteiger partial charge in [-0.25, -0.2) is 4.98 Å². The fourth-order valence-corrected chi connectivity index (χ4v) is 2.93. The Kier molecular flexibility index (Phi) is 3.78. The molecule has 1 aromatic carbocycles. The van der Waals surface area contributed by atoms with Gasteiger partial charge in [-0.3, -0.25) is 9.78 Å². The van der Waals surface area contributed by atoms with Crippen molar-refractivity contribution in [3.05, 3.63) is 66.2 Å². The predicted octanol–water partition coefficient (Wildman–Crippen LogP) is 2.79. The molecule has 3 heterocycles. The van der Waals surface area contributed by atoms with E-state index < -0.39 is 5.91 Å². The number of hydrogen-bond donors (Lipinski definition) is 3. The van der Waals surface area contributed by atoms with Gasteiger partial charge in [0.05, 0.1) is 0 Å². The number of aromatic amines is 1. The second-order valence-electron chi connectivity index (χ2n) is 5.76. The van der Waals surface area contributed by atoms with E-state index in [1.807, 2.05) is 30.5 Å². The number of nitrogens with one attached hydrogen (secondary N) is 2. The number of hydrogen-bond acceptors (Lipinski definition) is 4. The molecule has 0 aliphatic rings. The Hall–Kier alpha value is -3.41. The van der Waals surface area contributed by atoms with Crippen LogP contribution in [0.1, 0.15) is 16.1 Å². The maximum atomic E-state index is 12.3. The first-order valence-electron chi connectivity index (χ1n) is 8.00. The van der Waals surface area contributed by atoms with E-state index in [-0.39, 0.29) is 11.4 Å². The summed E-state index contributed by atoms with van der Waals surface area (Å²) in [5.74, 6) is -0.604. The van der Waals surface area contributed by atoms with Crippen LogP contribution in [0.25, 0.3) is 21.8 Å². The minimum absolute atomic E-state index is 0.00914. The van der Waals surface area contributed by atoms with Crippen molar-refractivity contribution in [3.8, 4) is 5.75 Å². The van der Waals surface area contributed by atoms with Crippen molar-refractivity contribution in [2.75, 3.05) is 6.54 Å². The van der Waals surface area contributed by atoms with Gasteiger partial charge in [-0.1, -0.05) is 18.2 Å². The second-order valence-corrected chi connectivity index (χ2v) is 5.76. The number of carbonyl (C=O) groups is 1. The normalized spacial score (nSPS) is 11.0. The number of pyridine rings is 2. The summed E-state index contributed by atoms with van der Waals surface area (Å²) in [6.45, 7) is 0.446. The number of nitrogens with zero attached hydrogens (tertiary/aromatic N) is 2. The highest BCUT2D eigenvalue weighted by Crippen LogP contribution is 2.24. The molecule has 4 rings (SSSR count). The minimum atomic E-state index is -0.412. The number of carbonyl (C=O) groups excluding carboxylic acids is 1. The molecule has 0 fully saturated rings. The fraction of sp³-hybridized carbons (Fsp3) is 0.105. The van der Waals surface area contributed by atoms with Crippen molar-refractivity contribution < 1.29 is 9.90 Å². The van der Waals surface area contributed by atoms with E-state index in [0.717, 1.165) is 16.5 Å². The van der Waals surface area contributed by atoms with Gasteiger partial charge in [0.1, 0.15) is 5.52 Å². The number of aromatic nitrogens is 3. The summed E-state index contributed by atoms with van der Waals surface area (Å²) in [5, 5.41) is 14.9. The van der Waals surface area contributed by atoms with Crippen molar-refractivity contribution in [2.24, 2.45) is 0 Å². The van der Waals surface area contributed by atoms with Gasteiger partial charge >= 0.3 is 0 Å². The van der Waals surface area contributed by atoms with E-state index in [4.69, 9.17) is 0 Å². The fourth-order valence-electron chi connectivity index (χ4n) is 2.93. The van der Waals surface area contributed by atoms with Crippen LogP contribution in [0.3, 0.4) is 0 Å². The molecule has 0 aliphatic carbocycles. The van der Waals surface area contributed by atoms with Crippen LogP contribution in [-0.4, -0.2) is 32.5 Å². The van der Waals surface area contributed by atoms with Gasteiger partial charge in [-0.05, 0) is 30.2 Å². The van der Waals surface area contributed by atoms with Crippen molar-refractivity contribution in [1.29, 1.82) is 0 Å². The average Bonchev–Trinajstić information content (AvgIpc) is 3.05. The van der Waals surface area contributed by atoms with Crippen LogP contribution in [0.15, 0.2) is 55.0 Å². The first-order valence-corrected chi connectivity index (χ1v) is 8.00. The zero-order valence-corrected chi connectivity index (χ0v) is 13.4. The zero-order valence-electron chi connectivity index (χ0n) is 13.4. The molecule has 0 atom stereocenters. The van der Waals surface area contributed by atoms with Crippen LogP contribution in [0, 0.1) is 0 Å². The largest absolute Gasteiger partial charge is 0.504 e. The number of benzene rings is 1. The van der Waals surface area contributed by atoms with Gasteiger partial charge in [0, 0.05) is 41.4 Å². The summed E-state index contributed by atoms with van der Waals surface area (Å²) in [6, 6.07) is 11.6. The third kappa shape index (κ3) is 2.78. The summed E-state index contributed by atoms with van der Waals surface area (Å²) >= 11 is 0.